The number of amidine groups is 1. The molecular formula is C26H24Cl2FN7S2. The van der Waals surface area contributed by atoms with Gasteiger partial charge in [0.15, 0.2) is 11.0 Å². The third kappa shape index (κ3) is 5.89. The molecular weight excluding hydrogens is 564 g/mol. The maximum atomic E-state index is 13.8. The number of nitrogens with zero attached hydrogens (tertiary/aromatic N) is 4. The van der Waals surface area contributed by atoms with Gasteiger partial charge in [0.25, 0.3) is 0 Å². The van der Waals surface area contributed by atoms with Crippen LogP contribution in [0.3, 0.4) is 0 Å². The second-order valence-electron chi connectivity index (χ2n) is 8.79. The highest BCUT2D eigenvalue weighted by molar-refractivity contribution is 7.98. The van der Waals surface area contributed by atoms with Crippen molar-refractivity contribution in [1.82, 2.24) is 9.55 Å². The zero-order valence-electron chi connectivity index (χ0n) is 20.5. The van der Waals surface area contributed by atoms with Crippen LogP contribution in [-0.2, 0) is 11.2 Å². The van der Waals surface area contributed by atoms with Gasteiger partial charge in [0.05, 0.1) is 21.9 Å². The van der Waals surface area contributed by atoms with Crippen LogP contribution in [0.15, 0.2) is 87.2 Å². The Balaban J connectivity index is 1.74. The van der Waals surface area contributed by atoms with Crippen molar-refractivity contribution in [2.24, 2.45) is 21.3 Å². The van der Waals surface area contributed by atoms with E-state index in [0.29, 0.717) is 26.5 Å². The van der Waals surface area contributed by atoms with Gasteiger partial charge in [0.1, 0.15) is 5.82 Å². The quantitative estimate of drug-likeness (QED) is 0.0374. The summed E-state index contributed by atoms with van der Waals surface area (Å²) in [4.78, 5) is 5.53. The van der Waals surface area contributed by atoms with E-state index in [9.17, 15) is 4.39 Å². The Labute approximate surface area is 238 Å². The van der Waals surface area contributed by atoms with Crippen molar-refractivity contribution in [1.29, 1.82) is 5.41 Å². The van der Waals surface area contributed by atoms with Gasteiger partial charge in [0, 0.05) is 27.3 Å². The molecule has 7 nitrogen and oxygen atoms in total. The Morgan fingerprint density at radius 2 is 1.82 bits per heavy atom. The lowest BCUT2D eigenvalue weighted by Gasteiger charge is -2.28. The number of thioether (sulfide) groups is 1. The Bertz CT molecular complexity index is 1500. The van der Waals surface area contributed by atoms with Crippen LogP contribution in [-0.4, -0.2) is 15.4 Å². The summed E-state index contributed by atoms with van der Waals surface area (Å²) in [6, 6.07) is 17.5. The molecule has 0 unspecified atom stereocenters. The van der Waals surface area contributed by atoms with E-state index >= 15 is 0 Å². The van der Waals surface area contributed by atoms with Gasteiger partial charge in [0.2, 0.25) is 0 Å². The first-order chi connectivity index (χ1) is 18.1. The van der Waals surface area contributed by atoms with Crippen molar-refractivity contribution < 1.29 is 4.39 Å². The summed E-state index contributed by atoms with van der Waals surface area (Å²) in [7, 11) is 0. The summed E-state index contributed by atoms with van der Waals surface area (Å²) < 4.78 is 15.8. The van der Waals surface area contributed by atoms with Crippen molar-refractivity contribution in [3.05, 3.63) is 105 Å². The van der Waals surface area contributed by atoms with E-state index in [4.69, 9.17) is 44.6 Å². The van der Waals surface area contributed by atoms with Crippen LogP contribution in [0.5, 0.6) is 0 Å². The summed E-state index contributed by atoms with van der Waals surface area (Å²) in [6.45, 7) is 4.17. The zero-order chi connectivity index (χ0) is 27.4. The molecule has 0 spiro atoms. The molecule has 3 aromatic carbocycles. The number of nitrogens with two attached hydrogens (primary N) is 2. The van der Waals surface area contributed by atoms with E-state index in [1.165, 1.54) is 23.9 Å². The smallest absolute Gasteiger partial charge is 0.177 e. The summed E-state index contributed by atoms with van der Waals surface area (Å²) >= 11 is 15.3. The fraction of sp³-hybridized carbons (Fsp3) is 0.154. The summed E-state index contributed by atoms with van der Waals surface area (Å²) in [5, 5.41) is 22.2. The molecule has 0 saturated heterocycles. The average Bonchev–Trinajstić information content (AvgIpc) is 3.33. The molecule has 5 N–H and O–H groups in total. The molecule has 0 aliphatic heterocycles. The van der Waals surface area contributed by atoms with Crippen LogP contribution in [0.2, 0.25) is 10.0 Å². The highest BCUT2D eigenvalue weighted by Crippen LogP contribution is 2.39. The Kier molecular flexibility index (Phi) is 8.79. The molecule has 0 fully saturated rings. The van der Waals surface area contributed by atoms with Gasteiger partial charge in [-0.1, -0.05) is 66.2 Å². The zero-order valence-corrected chi connectivity index (χ0v) is 23.6. The fourth-order valence-electron chi connectivity index (χ4n) is 3.95. The Hall–Kier alpha value is -2.89. The van der Waals surface area contributed by atoms with Crippen molar-refractivity contribution in [2.45, 2.75) is 35.1 Å². The second-order valence-corrected chi connectivity index (χ2v) is 11.2. The Morgan fingerprint density at radius 3 is 2.47 bits per heavy atom. The van der Waals surface area contributed by atoms with Gasteiger partial charge in [-0.2, -0.15) is 0 Å². The van der Waals surface area contributed by atoms with Gasteiger partial charge < -0.3 is 5.84 Å². The van der Waals surface area contributed by atoms with Crippen molar-refractivity contribution in [3.8, 4) is 5.69 Å². The monoisotopic (exact) mass is 587 g/mol. The number of aromatic nitrogens is 2. The lowest BCUT2D eigenvalue weighted by molar-refractivity contribution is 0.591. The van der Waals surface area contributed by atoms with Gasteiger partial charge in [-0.3, -0.25) is 15.1 Å². The fourth-order valence-corrected chi connectivity index (χ4v) is 5.73. The number of nitrogens with one attached hydrogen (secondary N) is 1. The largest absolute Gasteiger partial charge is 0.305 e. The Morgan fingerprint density at radius 1 is 1.08 bits per heavy atom. The van der Waals surface area contributed by atoms with Crippen LogP contribution in [0, 0.1) is 11.2 Å². The minimum atomic E-state index is -0.503. The minimum Gasteiger partial charge on any atom is -0.305 e. The van der Waals surface area contributed by atoms with Crippen LogP contribution in [0.1, 0.15) is 36.2 Å². The normalized spacial score (nSPS) is 11.8. The highest BCUT2D eigenvalue weighted by atomic mass is 35.5. The van der Waals surface area contributed by atoms with E-state index in [1.807, 2.05) is 35.0 Å². The summed E-state index contributed by atoms with van der Waals surface area (Å²) in [5.41, 5.74) is 3.49. The van der Waals surface area contributed by atoms with Crippen LogP contribution >= 0.6 is 46.9 Å². The van der Waals surface area contributed by atoms with Gasteiger partial charge >= 0.3 is 0 Å². The van der Waals surface area contributed by atoms with E-state index < -0.39 is 5.41 Å². The first-order valence-corrected chi connectivity index (χ1v) is 13.9. The number of imidazole rings is 1. The lowest BCUT2D eigenvalue weighted by atomic mass is 9.81. The molecule has 0 aliphatic rings. The minimum absolute atomic E-state index is 0.126. The third-order valence-electron chi connectivity index (χ3n) is 6.05. The average molecular weight is 589 g/mol. The number of halogens is 3. The SMILES string of the molecule is CC(C)(c1ccc(SN)c(Cl)c1)c1cnc(SCc2ccc(Cl)c(C(=N)N=NN)c2)n1-c1ccc(F)cc1. The summed E-state index contributed by atoms with van der Waals surface area (Å²) in [6.07, 6.45) is 1.83. The molecule has 38 heavy (non-hydrogen) atoms. The molecule has 196 valence electrons. The molecule has 1 heterocycles. The van der Waals surface area contributed by atoms with E-state index in [0.717, 1.165) is 39.4 Å². The first-order valence-electron chi connectivity index (χ1n) is 11.3. The predicted molar refractivity (Wildman–Crippen MR) is 154 cm³/mol. The molecule has 0 atom stereocenters. The topological polar surface area (TPSA) is 118 Å². The molecule has 0 amide bonds. The number of rotatable bonds is 8. The van der Waals surface area contributed by atoms with E-state index in [2.05, 4.69) is 24.2 Å². The highest BCUT2D eigenvalue weighted by Gasteiger charge is 2.30. The maximum absolute atomic E-state index is 13.8. The predicted octanol–water partition coefficient (Wildman–Crippen LogP) is 7.55. The van der Waals surface area contributed by atoms with Crippen LogP contribution in [0.4, 0.5) is 4.39 Å². The molecule has 0 bridgehead atoms. The second kappa shape index (κ2) is 11.9. The maximum Gasteiger partial charge on any atom is 0.177 e. The molecule has 0 aliphatic carbocycles. The molecule has 0 saturated carbocycles. The molecule has 0 radical (unpaired) electrons. The van der Waals surface area contributed by atoms with Crippen molar-refractivity contribution in [3.63, 3.8) is 0 Å². The van der Waals surface area contributed by atoms with Gasteiger partial charge in [-0.05, 0) is 71.6 Å². The molecule has 1 aromatic heterocycles. The van der Waals surface area contributed by atoms with Crippen molar-refractivity contribution >= 4 is 52.7 Å². The standard InChI is InChI=1S/C26H24Cl2FN7S2/c1-26(2,16-4-10-22(38-32)21(28)12-16)23-13-33-25(36(23)18-7-5-17(29)6-8-18)37-14-15-3-9-20(27)19(11-15)24(30)34-35-31/h3-13H,14,32H2,1-2H3,(H3,30,31,34). The number of benzene rings is 3. The van der Waals surface area contributed by atoms with E-state index in [1.54, 1.807) is 24.3 Å². The van der Waals surface area contributed by atoms with Gasteiger partial charge in [-0.25, -0.2) is 9.37 Å². The summed E-state index contributed by atoms with van der Waals surface area (Å²) in [5.74, 6) is 5.18. The first kappa shape index (κ1) is 28.1. The van der Waals surface area contributed by atoms with E-state index in [-0.39, 0.29) is 11.7 Å². The third-order valence-corrected chi connectivity index (χ3v) is 8.43. The molecule has 12 heteroatoms. The molecule has 4 rings (SSSR count). The lowest BCUT2D eigenvalue weighted by Crippen LogP contribution is -2.23. The van der Waals surface area contributed by atoms with Crippen LogP contribution < -0.4 is 11.0 Å². The van der Waals surface area contributed by atoms with Gasteiger partial charge in [-0.15, -0.1) is 5.11 Å². The van der Waals surface area contributed by atoms with Crippen molar-refractivity contribution in [2.75, 3.05) is 0 Å². The molecule has 4 aromatic rings. The van der Waals surface area contributed by atoms with Crippen LogP contribution in [0.25, 0.3) is 5.69 Å². The number of hydrogen-bond donors (Lipinski definition) is 3. The number of hydrogen-bond acceptors (Lipinski definition) is 6.